The van der Waals surface area contributed by atoms with E-state index >= 15 is 0 Å². The zero-order chi connectivity index (χ0) is 31.1. The average molecular weight is 613 g/mol. The molecule has 3 aromatic heterocycles. The molecule has 4 saturated heterocycles. The number of carbonyl (C=O) groups excluding carboxylic acids is 1. The Morgan fingerprint density at radius 1 is 1.13 bits per heavy atom. The van der Waals surface area contributed by atoms with Gasteiger partial charge in [0.05, 0.1) is 29.9 Å². The second-order valence-electron chi connectivity index (χ2n) is 13.4. The number of pyridine rings is 1. The van der Waals surface area contributed by atoms with Gasteiger partial charge in [0.1, 0.15) is 17.5 Å². The van der Waals surface area contributed by atoms with Gasteiger partial charge >= 0.3 is 5.97 Å². The maximum atomic E-state index is 13.3. The molecule has 45 heavy (non-hydrogen) atoms. The number of aromatic nitrogens is 6. The number of fused-ring (bicyclic) bond motifs is 2. The van der Waals surface area contributed by atoms with E-state index in [4.69, 9.17) is 19.6 Å². The highest BCUT2D eigenvalue weighted by Gasteiger charge is 2.75. The van der Waals surface area contributed by atoms with Crippen LogP contribution in [0.15, 0.2) is 42.6 Å². The SMILES string of the molecule is Cc1nc(C2C3(NC(=O)C4CCC(C(=O)O)O4)COC2(c2nc4c(C)cc(N5CC[C@](C)(c6ccccc6)C5)cn4n2)C3)n[nH]1. The molecule has 4 aromatic rings. The molecular weight excluding hydrogens is 576 g/mol. The number of aromatic amines is 1. The largest absolute Gasteiger partial charge is 0.479 e. The summed E-state index contributed by atoms with van der Waals surface area (Å²) < 4.78 is 13.9. The minimum absolute atomic E-state index is 0.0635. The topological polar surface area (TPSA) is 160 Å². The number of carboxylic acids is 1. The number of H-pyrrole nitrogens is 1. The van der Waals surface area contributed by atoms with Crippen molar-refractivity contribution in [1.29, 1.82) is 0 Å². The summed E-state index contributed by atoms with van der Waals surface area (Å²) in [6, 6.07) is 12.9. The molecule has 1 saturated carbocycles. The predicted molar refractivity (Wildman–Crippen MR) is 161 cm³/mol. The molecule has 5 fully saturated rings. The van der Waals surface area contributed by atoms with Crippen molar-refractivity contribution in [3.05, 3.63) is 71.2 Å². The van der Waals surface area contributed by atoms with Gasteiger partial charge in [-0.15, -0.1) is 5.10 Å². The molecule has 5 aliphatic rings. The Morgan fingerprint density at radius 2 is 1.93 bits per heavy atom. The van der Waals surface area contributed by atoms with Crippen molar-refractivity contribution >= 4 is 23.2 Å². The molecule has 13 heteroatoms. The number of hydrogen-bond acceptors (Lipinski definition) is 9. The Kier molecular flexibility index (Phi) is 6.14. The van der Waals surface area contributed by atoms with E-state index in [9.17, 15) is 14.7 Å². The predicted octanol–water partition coefficient (Wildman–Crippen LogP) is 2.53. The van der Waals surface area contributed by atoms with Crippen LogP contribution in [-0.2, 0) is 30.1 Å². The summed E-state index contributed by atoms with van der Waals surface area (Å²) in [6.07, 6.45) is 2.34. The molecule has 5 unspecified atom stereocenters. The summed E-state index contributed by atoms with van der Waals surface area (Å²) in [5.74, 6) is -0.176. The van der Waals surface area contributed by atoms with Crippen LogP contribution in [-0.4, -0.2) is 84.2 Å². The van der Waals surface area contributed by atoms with Crippen molar-refractivity contribution < 1.29 is 24.2 Å². The highest BCUT2D eigenvalue weighted by molar-refractivity contribution is 5.84. The van der Waals surface area contributed by atoms with Gasteiger partial charge in [-0.3, -0.25) is 9.89 Å². The van der Waals surface area contributed by atoms with Gasteiger partial charge in [0.2, 0.25) is 5.91 Å². The van der Waals surface area contributed by atoms with Crippen molar-refractivity contribution in [3.63, 3.8) is 0 Å². The average Bonchev–Trinajstić information content (AvgIpc) is 3.85. The molecule has 6 atom stereocenters. The van der Waals surface area contributed by atoms with E-state index in [-0.39, 0.29) is 17.9 Å². The van der Waals surface area contributed by atoms with Gasteiger partial charge in [0.25, 0.3) is 0 Å². The lowest BCUT2D eigenvalue weighted by molar-refractivity contribution is -0.152. The summed E-state index contributed by atoms with van der Waals surface area (Å²) in [5, 5.41) is 24.8. The highest BCUT2D eigenvalue weighted by Crippen LogP contribution is 2.65. The number of carbonyl (C=O) groups is 2. The van der Waals surface area contributed by atoms with Crippen LogP contribution < -0.4 is 10.2 Å². The van der Waals surface area contributed by atoms with E-state index in [0.717, 1.165) is 36.4 Å². The molecule has 1 amide bonds. The standard InChI is InChI=1S/C32H36N8O5/c1-18-13-21(39-12-11-30(3,16-39)20-7-5-4-6-8-20)14-40-26(18)34-29(38-40)32-15-31(17-44-32,24(32)25-33-19(2)36-37-25)35-27(41)22-9-10-23(45-22)28(42)43/h4-8,13-14,22-24H,9-12,15-17H2,1-3H3,(H,35,41)(H,42,43)(H,33,36,37)/t22?,23?,24?,30-,31?,32?/m0/s1. The first kappa shape index (κ1) is 28.1. The summed E-state index contributed by atoms with van der Waals surface area (Å²) in [7, 11) is 0. The quantitative estimate of drug-likeness (QED) is 0.283. The van der Waals surface area contributed by atoms with E-state index in [1.807, 2.05) is 24.6 Å². The molecule has 0 spiro atoms. The maximum absolute atomic E-state index is 13.3. The van der Waals surface area contributed by atoms with Gasteiger partial charge in [-0.25, -0.2) is 19.3 Å². The fourth-order valence-electron chi connectivity index (χ4n) is 7.96. The Balaban J connectivity index is 1.09. The first-order chi connectivity index (χ1) is 21.6. The third-order valence-corrected chi connectivity index (χ3v) is 10.3. The number of nitrogens with zero attached hydrogens (tertiary/aromatic N) is 6. The molecule has 3 N–H and O–H groups in total. The van der Waals surface area contributed by atoms with Gasteiger partial charge in [-0.1, -0.05) is 37.3 Å². The molecular formula is C32H36N8O5. The number of aliphatic carboxylic acids is 1. The summed E-state index contributed by atoms with van der Waals surface area (Å²) in [6.45, 7) is 8.26. The molecule has 1 aliphatic carbocycles. The Morgan fingerprint density at radius 3 is 2.67 bits per heavy atom. The number of rotatable bonds is 7. The van der Waals surface area contributed by atoms with E-state index in [2.05, 4.69) is 68.7 Å². The first-order valence-electron chi connectivity index (χ1n) is 15.5. The van der Waals surface area contributed by atoms with Crippen LogP contribution >= 0.6 is 0 Å². The van der Waals surface area contributed by atoms with Crippen LogP contribution in [0.25, 0.3) is 5.65 Å². The zero-order valence-electron chi connectivity index (χ0n) is 25.5. The second-order valence-corrected chi connectivity index (χ2v) is 13.4. The fraction of sp³-hybridized carbons (Fsp3) is 0.500. The lowest BCUT2D eigenvalue weighted by Crippen LogP contribution is -2.66. The molecule has 234 valence electrons. The lowest BCUT2D eigenvalue weighted by Gasteiger charge is -2.50. The Hall–Kier alpha value is -4.36. The molecule has 0 radical (unpaired) electrons. The second kappa shape index (κ2) is 9.82. The normalized spacial score (nSPS) is 32.2. The van der Waals surface area contributed by atoms with Gasteiger partial charge in [-0.2, -0.15) is 5.10 Å². The van der Waals surface area contributed by atoms with E-state index in [0.29, 0.717) is 36.7 Å². The minimum Gasteiger partial charge on any atom is -0.479 e. The van der Waals surface area contributed by atoms with Gasteiger partial charge < -0.3 is 24.8 Å². The highest BCUT2D eigenvalue weighted by atomic mass is 16.5. The van der Waals surface area contributed by atoms with E-state index in [1.54, 1.807) is 0 Å². The zero-order valence-corrected chi connectivity index (χ0v) is 25.5. The molecule has 2 bridgehead atoms. The van der Waals surface area contributed by atoms with Crippen LogP contribution in [0.1, 0.15) is 67.1 Å². The number of ether oxygens (including phenoxy) is 2. The van der Waals surface area contributed by atoms with Gasteiger partial charge in [-0.05, 0) is 50.3 Å². The number of anilines is 1. The number of nitrogens with one attached hydrogen (secondary N) is 2. The number of carboxylic acid groups (broad SMARTS) is 1. The van der Waals surface area contributed by atoms with Crippen LogP contribution in [0.2, 0.25) is 0 Å². The van der Waals surface area contributed by atoms with E-state index in [1.165, 1.54) is 5.56 Å². The van der Waals surface area contributed by atoms with Gasteiger partial charge in [0, 0.05) is 24.9 Å². The van der Waals surface area contributed by atoms with Crippen molar-refractivity contribution in [1.82, 2.24) is 35.1 Å². The number of aryl methyl sites for hydroxylation is 2. The molecule has 7 heterocycles. The number of benzene rings is 1. The van der Waals surface area contributed by atoms with Gasteiger partial charge in [0.15, 0.2) is 23.4 Å². The molecule has 1 aromatic carbocycles. The number of hydrogen-bond donors (Lipinski definition) is 3. The molecule has 4 aliphatic heterocycles. The molecule has 9 rings (SSSR count). The minimum atomic E-state index is -1.06. The lowest BCUT2D eigenvalue weighted by atomic mass is 9.58. The third-order valence-electron chi connectivity index (χ3n) is 10.3. The first-order valence-corrected chi connectivity index (χ1v) is 15.5. The van der Waals surface area contributed by atoms with Crippen LogP contribution in [0.5, 0.6) is 0 Å². The monoisotopic (exact) mass is 612 g/mol. The van der Waals surface area contributed by atoms with Crippen molar-refractivity contribution in [2.75, 3.05) is 24.6 Å². The summed E-state index contributed by atoms with van der Waals surface area (Å²) in [5.41, 5.74) is 2.52. The van der Waals surface area contributed by atoms with Crippen LogP contribution in [0.4, 0.5) is 5.69 Å². The summed E-state index contributed by atoms with van der Waals surface area (Å²) in [4.78, 5) is 36.8. The Bertz CT molecular complexity index is 1820. The van der Waals surface area contributed by atoms with Crippen LogP contribution in [0, 0.1) is 13.8 Å². The Labute approximate surface area is 259 Å². The maximum Gasteiger partial charge on any atom is 0.332 e. The van der Waals surface area contributed by atoms with Crippen LogP contribution in [0.3, 0.4) is 0 Å². The summed E-state index contributed by atoms with van der Waals surface area (Å²) >= 11 is 0. The van der Waals surface area contributed by atoms with Crippen molar-refractivity contribution in [3.8, 4) is 0 Å². The smallest absolute Gasteiger partial charge is 0.332 e. The third kappa shape index (κ3) is 4.27. The van der Waals surface area contributed by atoms with E-state index < -0.39 is 35.2 Å². The fourth-order valence-corrected chi connectivity index (χ4v) is 7.96. The van der Waals surface area contributed by atoms with Crippen molar-refractivity contribution in [2.45, 2.75) is 81.1 Å². The number of amides is 1. The van der Waals surface area contributed by atoms with Crippen molar-refractivity contribution in [2.24, 2.45) is 0 Å². The molecule has 13 nitrogen and oxygen atoms in total.